The fourth-order valence-electron chi connectivity index (χ4n) is 3.36. The predicted octanol–water partition coefficient (Wildman–Crippen LogP) is 1.81. The quantitative estimate of drug-likeness (QED) is 0.881. The van der Waals surface area contributed by atoms with Gasteiger partial charge in [-0.15, -0.1) is 0 Å². The Kier molecular flexibility index (Phi) is 3.46. The van der Waals surface area contributed by atoms with Crippen LogP contribution in [0.5, 0.6) is 0 Å². The van der Waals surface area contributed by atoms with Gasteiger partial charge in [-0.1, -0.05) is 0 Å². The van der Waals surface area contributed by atoms with E-state index in [0.29, 0.717) is 12.1 Å². The first kappa shape index (κ1) is 12.9. The molecule has 1 aromatic heterocycles. The van der Waals surface area contributed by atoms with Gasteiger partial charge in [0.1, 0.15) is 5.82 Å². The second-order valence-electron chi connectivity index (χ2n) is 5.92. The van der Waals surface area contributed by atoms with Crippen LogP contribution in [0.4, 0.5) is 5.82 Å². The molecule has 0 aromatic carbocycles. The molecule has 0 spiro atoms. The van der Waals surface area contributed by atoms with Crippen molar-refractivity contribution in [2.45, 2.75) is 44.9 Å². The Hall–Kier alpha value is -1.13. The highest BCUT2D eigenvalue weighted by Crippen LogP contribution is 2.28. The van der Waals surface area contributed by atoms with E-state index in [1.165, 1.54) is 19.4 Å². The number of aliphatic hydroxyl groups excluding tert-OH is 1. The van der Waals surface area contributed by atoms with E-state index in [-0.39, 0.29) is 0 Å². The first-order valence-corrected chi connectivity index (χ1v) is 7.30. The Balaban J connectivity index is 1.82. The molecule has 0 saturated carbocycles. The fraction of sp³-hybridized carbons (Fsp3) is 0.667. The molecule has 1 N–H and O–H groups in total. The summed E-state index contributed by atoms with van der Waals surface area (Å²) in [7, 11) is 0. The number of nitrogens with zero attached hydrogens (tertiary/aromatic N) is 3. The topological polar surface area (TPSA) is 39.6 Å². The number of anilines is 1. The Morgan fingerprint density at radius 1 is 1.42 bits per heavy atom. The van der Waals surface area contributed by atoms with Gasteiger partial charge in [-0.3, -0.25) is 4.90 Å². The summed E-state index contributed by atoms with van der Waals surface area (Å²) in [5, 5.41) is 9.71. The number of pyridine rings is 1. The van der Waals surface area contributed by atoms with Crippen LogP contribution in [0.3, 0.4) is 0 Å². The van der Waals surface area contributed by atoms with Crippen LogP contribution < -0.4 is 4.90 Å². The molecular formula is C15H23N3O. The maximum atomic E-state index is 9.71. The van der Waals surface area contributed by atoms with Crippen molar-refractivity contribution in [3.63, 3.8) is 0 Å². The zero-order valence-corrected chi connectivity index (χ0v) is 11.8. The van der Waals surface area contributed by atoms with Crippen molar-refractivity contribution in [1.82, 2.24) is 9.88 Å². The Morgan fingerprint density at radius 3 is 3.05 bits per heavy atom. The lowest BCUT2D eigenvalue weighted by Crippen LogP contribution is -2.55. The summed E-state index contributed by atoms with van der Waals surface area (Å²) in [5.74, 6) is 1.01. The van der Waals surface area contributed by atoms with E-state index in [1.807, 2.05) is 18.3 Å². The second-order valence-corrected chi connectivity index (χ2v) is 5.92. The lowest BCUT2D eigenvalue weighted by atomic mass is 10.1. The van der Waals surface area contributed by atoms with Crippen molar-refractivity contribution in [2.24, 2.45) is 0 Å². The van der Waals surface area contributed by atoms with Gasteiger partial charge >= 0.3 is 0 Å². The zero-order chi connectivity index (χ0) is 13.4. The molecule has 1 aromatic rings. The number of piperazine rings is 1. The van der Waals surface area contributed by atoms with E-state index in [2.05, 4.69) is 21.7 Å². The van der Waals surface area contributed by atoms with Crippen LogP contribution in [-0.2, 0) is 0 Å². The summed E-state index contributed by atoms with van der Waals surface area (Å²) in [6, 6.07) is 5.11. The molecule has 19 heavy (non-hydrogen) atoms. The molecule has 0 bridgehead atoms. The van der Waals surface area contributed by atoms with Gasteiger partial charge in [0.05, 0.1) is 6.10 Å². The van der Waals surface area contributed by atoms with E-state index < -0.39 is 6.10 Å². The molecule has 2 fully saturated rings. The highest BCUT2D eigenvalue weighted by molar-refractivity contribution is 5.43. The van der Waals surface area contributed by atoms with Crippen molar-refractivity contribution >= 4 is 5.82 Å². The molecule has 3 rings (SSSR count). The number of hydrogen-bond acceptors (Lipinski definition) is 4. The molecule has 3 atom stereocenters. The molecule has 104 valence electrons. The summed E-state index contributed by atoms with van der Waals surface area (Å²) in [4.78, 5) is 9.52. The largest absolute Gasteiger partial charge is 0.389 e. The van der Waals surface area contributed by atoms with Crippen molar-refractivity contribution in [1.29, 1.82) is 0 Å². The summed E-state index contributed by atoms with van der Waals surface area (Å²) in [6.45, 7) is 7.52. The standard InChI is InChI=1S/C15H23N3O/c1-11-9-17-7-3-4-14(17)10-18(11)15-8-13(12(2)19)5-6-16-15/h5-6,8,11-12,14,19H,3-4,7,9-10H2,1-2H3/t11?,12-,14?/m0/s1. The number of rotatable bonds is 2. The smallest absolute Gasteiger partial charge is 0.129 e. The predicted molar refractivity (Wildman–Crippen MR) is 76.3 cm³/mol. The SMILES string of the molecule is CC1CN2CCCC2CN1c1cc([C@H](C)O)ccn1. The third-order valence-corrected chi connectivity index (χ3v) is 4.48. The lowest BCUT2D eigenvalue weighted by molar-refractivity contribution is 0.197. The highest BCUT2D eigenvalue weighted by atomic mass is 16.3. The van der Waals surface area contributed by atoms with Crippen LogP contribution in [0, 0.1) is 0 Å². The fourth-order valence-corrected chi connectivity index (χ4v) is 3.36. The molecule has 2 unspecified atom stereocenters. The van der Waals surface area contributed by atoms with Crippen LogP contribution in [-0.4, -0.2) is 46.7 Å². The summed E-state index contributed by atoms with van der Waals surface area (Å²) < 4.78 is 0. The monoisotopic (exact) mass is 261 g/mol. The maximum absolute atomic E-state index is 9.71. The van der Waals surface area contributed by atoms with Crippen LogP contribution in [0.15, 0.2) is 18.3 Å². The number of hydrogen-bond donors (Lipinski definition) is 1. The van der Waals surface area contributed by atoms with Crippen LogP contribution >= 0.6 is 0 Å². The molecular weight excluding hydrogens is 238 g/mol. The second kappa shape index (κ2) is 5.10. The van der Waals surface area contributed by atoms with Crippen LogP contribution in [0.25, 0.3) is 0 Å². The number of aromatic nitrogens is 1. The third-order valence-electron chi connectivity index (χ3n) is 4.48. The van der Waals surface area contributed by atoms with Gasteiger partial charge in [0.15, 0.2) is 0 Å². The zero-order valence-electron chi connectivity index (χ0n) is 11.8. The van der Waals surface area contributed by atoms with Crippen molar-refractivity contribution in [3.8, 4) is 0 Å². The van der Waals surface area contributed by atoms with Crippen molar-refractivity contribution in [3.05, 3.63) is 23.9 Å². The Labute approximate surface area is 115 Å². The van der Waals surface area contributed by atoms with Gasteiger partial charge in [-0.05, 0) is 50.9 Å². The van der Waals surface area contributed by atoms with E-state index >= 15 is 0 Å². The van der Waals surface area contributed by atoms with Gasteiger partial charge in [-0.25, -0.2) is 4.98 Å². The Morgan fingerprint density at radius 2 is 2.26 bits per heavy atom. The van der Waals surface area contributed by atoms with Gasteiger partial charge < -0.3 is 10.0 Å². The average molecular weight is 261 g/mol. The highest BCUT2D eigenvalue weighted by Gasteiger charge is 2.34. The van der Waals surface area contributed by atoms with E-state index in [4.69, 9.17) is 0 Å². The van der Waals surface area contributed by atoms with E-state index in [1.54, 1.807) is 6.92 Å². The minimum absolute atomic E-state index is 0.426. The average Bonchev–Trinajstić information content (AvgIpc) is 2.85. The van der Waals surface area contributed by atoms with Gasteiger partial charge in [0, 0.05) is 31.4 Å². The van der Waals surface area contributed by atoms with E-state index in [9.17, 15) is 5.11 Å². The van der Waals surface area contributed by atoms with Gasteiger partial charge in [0.2, 0.25) is 0 Å². The molecule has 0 radical (unpaired) electrons. The molecule has 3 heterocycles. The molecule has 2 aliphatic heterocycles. The van der Waals surface area contributed by atoms with Gasteiger partial charge in [-0.2, -0.15) is 0 Å². The summed E-state index contributed by atoms with van der Waals surface area (Å²) >= 11 is 0. The molecule has 0 aliphatic carbocycles. The molecule has 0 amide bonds. The maximum Gasteiger partial charge on any atom is 0.129 e. The molecule has 4 heteroatoms. The minimum Gasteiger partial charge on any atom is -0.389 e. The lowest BCUT2D eigenvalue weighted by Gasteiger charge is -2.43. The first-order chi connectivity index (χ1) is 9.15. The number of fused-ring (bicyclic) bond motifs is 1. The van der Waals surface area contributed by atoms with Crippen molar-refractivity contribution < 1.29 is 5.11 Å². The minimum atomic E-state index is -0.426. The summed E-state index contributed by atoms with van der Waals surface area (Å²) in [5.41, 5.74) is 0.950. The van der Waals surface area contributed by atoms with Gasteiger partial charge in [0.25, 0.3) is 0 Å². The molecule has 4 nitrogen and oxygen atoms in total. The third kappa shape index (κ3) is 2.47. The number of aliphatic hydroxyl groups is 1. The normalized spacial score (nSPS) is 29.3. The van der Waals surface area contributed by atoms with Crippen molar-refractivity contribution in [2.75, 3.05) is 24.5 Å². The first-order valence-electron chi connectivity index (χ1n) is 7.30. The van der Waals surface area contributed by atoms with Crippen LogP contribution in [0.2, 0.25) is 0 Å². The summed E-state index contributed by atoms with van der Waals surface area (Å²) in [6.07, 6.45) is 4.02. The van der Waals surface area contributed by atoms with Crippen LogP contribution in [0.1, 0.15) is 38.4 Å². The molecule has 2 saturated heterocycles. The Bertz CT molecular complexity index is 449. The molecule has 2 aliphatic rings. The van der Waals surface area contributed by atoms with E-state index in [0.717, 1.165) is 24.5 Å².